The number of aromatic nitrogens is 2. The number of hydrogen-bond donors (Lipinski definition) is 0. The van der Waals surface area contributed by atoms with Crippen molar-refractivity contribution in [1.29, 1.82) is 0 Å². The topological polar surface area (TPSA) is 36.3 Å². The molecule has 5 heteroatoms. The third kappa shape index (κ3) is 4.24. The Hall–Kier alpha value is -2.50. The Morgan fingerprint density at radius 2 is 1.48 bits per heavy atom. The monoisotopic (exact) mass is 450 g/mol. The molecule has 2 aromatic carbocycles. The normalized spacial score (nSPS) is 17.9. The molecule has 0 saturated carbocycles. The van der Waals surface area contributed by atoms with E-state index in [-0.39, 0.29) is 5.82 Å². The van der Waals surface area contributed by atoms with Crippen LogP contribution >= 0.6 is 0 Å². The van der Waals surface area contributed by atoms with E-state index in [4.69, 9.17) is 9.47 Å². The molecule has 0 radical (unpaired) electrons. The molecule has 1 aliphatic rings. The Balaban J connectivity index is 1.74. The van der Waals surface area contributed by atoms with E-state index in [0.29, 0.717) is 17.4 Å². The maximum atomic E-state index is 14.8. The molecule has 0 amide bonds. The molecule has 1 aromatic heterocycles. The zero-order valence-electron chi connectivity index (χ0n) is 20.9. The van der Waals surface area contributed by atoms with Gasteiger partial charge in [-0.25, -0.2) is 9.07 Å². The van der Waals surface area contributed by atoms with Gasteiger partial charge in [-0.05, 0) is 74.4 Å². The summed E-state index contributed by atoms with van der Waals surface area (Å²) in [5, 5.41) is 4.63. The molecule has 0 spiro atoms. The van der Waals surface area contributed by atoms with Gasteiger partial charge in [0.1, 0.15) is 5.82 Å². The lowest BCUT2D eigenvalue weighted by Gasteiger charge is -2.30. The molecule has 0 unspecified atom stereocenters. The van der Waals surface area contributed by atoms with Crippen LogP contribution < -0.4 is 0 Å². The van der Waals surface area contributed by atoms with Crippen LogP contribution in [0.15, 0.2) is 48.8 Å². The van der Waals surface area contributed by atoms with E-state index in [2.05, 4.69) is 51.0 Å². The van der Waals surface area contributed by atoms with Gasteiger partial charge in [0.05, 0.1) is 23.1 Å². The lowest BCUT2D eigenvalue weighted by molar-refractivity contribution is -0.0914. The fourth-order valence-corrected chi connectivity index (χ4v) is 4.30. The Labute approximate surface area is 196 Å². The van der Waals surface area contributed by atoms with Crippen LogP contribution in [0.1, 0.15) is 90.2 Å². The third-order valence-corrected chi connectivity index (χ3v) is 7.00. The molecule has 4 rings (SSSR count). The van der Waals surface area contributed by atoms with Crippen LogP contribution in [-0.4, -0.2) is 21.0 Å². The molecular weight excluding hydrogens is 415 g/mol. The highest BCUT2D eigenvalue weighted by Gasteiger charge is 2.50. The second-order valence-electron chi connectivity index (χ2n) is 10.6. The third-order valence-electron chi connectivity index (χ3n) is 7.00. The second-order valence-corrected chi connectivity index (χ2v) is 10.6. The van der Waals surface area contributed by atoms with Crippen molar-refractivity contribution in [2.45, 2.75) is 84.7 Å². The van der Waals surface area contributed by atoms with Gasteiger partial charge >= 0.3 is 0 Å². The summed E-state index contributed by atoms with van der Waals surface area (Å²) in [6.07, 6.45) is 3.15. The minimum atomic E-state index is -0.765. The highest BCUT2D eigenvalue weighted by Crippen LogP contribution is 2.45. The molecule has 0 N–H and O–H groups in total. The maximum absolute atomic E-state index is 14.8. The number of benzene rings is 2. The van der Waals surface area contributed by atoms with Crippen LogP contribution in [0.5, 0.6) is 0 Å². The molecule has 0 bridgehead atoms. The smallest absolute Gasteiger partial charge is 0.188 e. The molecule has 3 aromatic rings. The van der Waals surface area contributed by atoms with E-state index in [1.807, 2.05) is 40.1 Å². The van der Waals surface area contributed by atoms with Crippen LogP contribution in [-0.2, 0) is 9.47 Å². The minimum absolute atomic E-state index is 0.350. The average Bonchev–Trinajstić information content (AvgIpc) is 3.29. The Kier molecular flexibility index (Phi) is 6.00. The van der Waals surface area contributed by atoms with Gasteiger partial charge in [-0.3, -0.25) is 0 Å². The van der Waals surface area contributed by atoms with Crippen molar-refractivity contribution in [2.24, 2.45) is 0 Å². The summed E-state index contributed by atoms with van der Waals surface area (Å²) in [7, 11) is 0. The van der Waals surface area contributed by atoms with Gasteiger partial charge in [0, 0.05) is 17.3 Å². The predicted molar refractivity (Wildman–Crippen MR) is 130 cm³/mol. The summed E-state index contributed by atoms with van der Waals surface area (Å²) in [6, 6.07) is 11.5. The van der Waals surface area contributed by atoms with Crippen LogP contribution in [0.3, 0.4) is 0 Å². The summed E-state index contributed by atoms with van der Waals surface area (Å²) >= 11 is 0. The first kappa shape index (κ1) is 23.7. The molecule has 176 valence electrons. The highest BCUT2D eigenvalue weighted by atomic mass is 19.1. The van der Waals surface area contributed by atoms with Gasteiger partial charge in [0.2, 0.25) is 0 Å². The van der Waals surface area contributed by atoms with E-state index >= 15 is 0 Å². The van der Waals surface area contributed by atoms with Gasteiger partial charge in [-0.2, -0.15) is 5.10 Å². The largest absolute Gasteiger partial charge is 0.339 e. The van der Waals surface area contributed by atoms with Crippen molar-refractivity contribution in [1.82, 2.24) is 9.78 Å². The molecule has 1 fully saturated rings. The van der Waals surface area contributed by atoms with Gasteiger partial charge < -0.3 is 9.47 Å². The summed E-state index contributed by atoms with van der Waals surface area (Å²) in [5.74, 6) is 0.433. The Morgan fingerprint density at radius 3 is 2.03 bits per heavy atom. The second kappa shape index (κ2) is 8.37. The highest BCUT2D eigenvalue weighted by molar-refractivity contribution is 5.72. The van der Waals surface area contributed by atoms with E-state index in [1.165, 1.54) is 22.8 Å². The van der Waals surface area contributed by atoms with Crippen LogP contribution in [0.2, 0.25) is 0 Å². The fourth-order valence-electron chi connectivity index (χ4n) is 4.30. The van der Waals surface area contributed by atoms with Gasteiger partial charge in [-0.15, -0.1) is 0 Å². The molecule has 33 heavy (non-hydrogen) atoms. The maximum Gasteiger partial charge on any atom is 0.188 e. The van der Waals surface area contributed by atoms with Crippen molar-refractivity contribution in [2.75, 3.05) is 0 Å². The molecule has 0 atom stereocenters. The van der Waals surface area contributed by atoms with Crippen molar-refractivity contribution in [3.8, 4) is 16.8 Å². The standard InChI is InChI=1S/C28H35FN2O2/c1-17(2)21-10-9-11-22(18(3)4)25(21)19-15-30-31(16-19)20-12-13-24(29)23(14-20)26-32-27(5,6)28(7,8)33-26/h9-18,26H,1-8H3. The lowest BCUT2D eigenvalue weighted by Crippen LogP contribution is -2.41. The van der Waals surface area contributed by atoms with E-state index < -0.39 is 17.5 Å². The van der Waals surface area contributed by atoms with Gasteiger partial charge in [-0.1, -0.05) is 45.9 Å². The SMILES string of the molecule is CC(C)c1cccc(C(C)C)c1-c1cnn(-c2ccc(F)c(C3OC(C)(C)C(C)(C)O3)c2)c1. The van der Waals surface area contributed by atoms with Crippen molar-refractivity contribution < 1.29 is 13.9 Å². The molecule has 0 aliphatic carbocycles. The molecule has 1 aliphatic heterocycles. The first-order chi connectivity index (χ1) is 15.4. The lowest BCUT2D eigenvalue weighted by atomic mass is 9.86. The average molecular weight is 451 g/mol. The van der Waals surface area contributed by atoms with E-state index in [1.54, 1.807) is 16.8 Å². The summed E-state index contributed by atoms with van der Waals surface area (Å²) in [5.41, 5.74) is 4.98. The quantitative estimate of drug-likeness (QED) is 0.403. The van der Waals surface area contributed by atoms with Crippen molar-refractivity contribution in [3.05, 3.63) is 71.3 Å². The first-order valence-electron chi connectivity index (χ1n) is 11.7. The molecular formula is C28H35FN2O2. The van der Waals surface area contributed by atoms with Crippen LogP contribution in [0, 0.1) is 5.82 Å². The number of halogens is 1. The van der Waals surface area contributed by atoms with Crippen molar-refractivity contribution in [3.63, 3.8) is 0 Å². The zero-order valence-corrected chi connectivity index (χ0v) is 20.9. The van der Waals surface area contributed by atoms with Crippen molar-refractivity contribution >= 4 is 0 Å². The van der Waals surface area contributed by atoms with E-state index in [0.717, 1.165) is 11.3 Å². The summed E-state index contributed by atoms with van der Waals surface area (Å²) in [4.78, 5) is 0. The molecule has 1 saturated heterocycles. The molecule has 4 nitrogen and oxygen atoms in total. The number of ether oxygens (including phenoxy) is 2. The Morgan fingerprint density at radius 1 is 0.909 bits per heavy atom. The zero-order chi connectivity index (χ0) is 24.1. The van der Waals surface area contributed by atoms with E-state index in [9.17, 15) is 4.39 Å². The number of rotatable bonds is 5. The number of hydrogen-bond acceptors (Lipinski definition) is 3. The van der Waals surface area contributed by atoms with Crippen LogP contribution in [0.4, 0.5) is 4.39 Å². The molecule has 2 heterocycles. The summed E-state index contributed by atoms with van der Waals surface area (Å²) < 4.78 is 28.8. The predicted octanol–water partition coefficient (Wildman–Crippen LogP) is 7.53. The minimum Gasteiger partial charge on any atom is -0.339 e. The van der Waals surface area contributed by atoms with Gasteiger partial charge in [0.25, 0.3) is 0 Å². The van der Waals surface area contributed by atoms with Gasteiger partial charge in [0.15, 0.2) is 6.29 Å². The Bertz CT molecular complexity index is 1120. The summed E-state index contributed by atoms with van der Waals surface area (Å²) in [6.45, 7) is 16.7. The fraction of sp³-hybridized carbons (Fsp3) is 0.464. The first-order valence-corrected chi connectivity index (χ1v) is 11.7. The number of nitrogens with zero attached hydrogens (tertiary/aromatic N) is 2. The van der Waals surface area contributed by atoms with Crippen LogP contribution in [0.25, 0.3) is 16.8 Å².